The van der Waals surface area contributed by atoms with Crippen molar-refractivity contribution in [3.63, 3.8) is 0 Å². The SMILES string of the molecule is CC1OCCC1Cn1cnc2cccc(C(=O)O)c21. The fraction of sp³-hybridized carbons (Fsp3) is 0.429. The number of aromatic carboxylic acids is 1. The van der Waals surface area contributed by atoms with E-state index < -0.39 is 5.97 Å². The highest BCUT2D eigenvalue weighted by Gasteiger charge is 2.25. The Hall–Kier alpha value is -1.88. The number of para-hydroxylation sites is 1. The van der Waals surface area contributed by atoms with E-state index in [0.29, 0.717) is 17.0 Å². The fourth-order valence-corrected chi connectivity index (χ4v) is 2.71. The molecule has 0 amide bonds. The topological polar surface area (TPSA) is 64.4 Å². The monoisotopic (exact) mass is 260 g/mol. The standard InChI is InChI=1S/C14H16N2O3/c1-9-10(5-6-19-9)7-16-8-15-12-4-2-3-11(13(12)16)14(17)18/h2-4,8-10H,5-7H2,1H3,(H,17,18). The Balaban J connectivity index is 2.01. The third kappa shape index (κ3) is 2.10. The van der Waals surface area contributed by atoms with Gasteiger partial charge in [-0.05, 0) is 25.5 Å². The van der Waals surface area contributed by atoms with Crippen molar-refractivity contribution in [2.45, 2.75) is 26.0 Å². The smallest absolute Gasteiger partial charge is 0.337 e. The molecule has 2 atom stereocenters. The van der Waals surface area contributed by atoms with Gasteiger partial charge in [-0.3, -0.25) is 0 Å². The molecule has 1 N–H and O–H groups in total. The van der Waals surface area contributed by atoms with E-state index in [1.165, 1.54) is 0 Å². The first-order valence-electron chi connectivity index (χ1n) is 6.45. The van der Waals surface area contributed by atoms with Crippen LogP contribution in [0.3, 0.4) is 0 Å². The lowest BCUT2D eigenvalue weighted by atomic mass is 10.0. The second-order valence-corrected chi connectivity index (χ2v) is 5.00. The molecule has 1 aliphatic heterocycles. The summed E-state index contributed by atoms with van der Waals surface area (Å²) < 4.78 is 7.49. The Bertz CT molecular complexity index is 620. The molecule has 1 aliphatic rings. The number of carbonyl (C=O) groups is 1. The van der Waals surface area contributed by atoms with Gasteiger partial charge in [0.2, 0.25) is 0 Å². The zero-order valence-corrected chi connectivity index (χ0v) is 10.7. The van der Waals surface area contributed by atoms with Crippen molar-refractivity contribution < 1.29 is 14.6 Å². The number of carboxylic acid groups (broad SMARTS) is 1. The van der Waals surface area contributed by atoms with Crippen LogP contribution in [0.2, 0.25) is 0 Å². The summed E-state index contributed by atoms with van der Waals surface area (Å²) >= 11 is 0. The molecule has 5 nitrogen and oxygen atoms in total. The fourth-order valence-electron chi connectivity index (χ4n) is 2.71. The van der Waals surface area contributed by atoms with Crippen LogP contribution in [0.4, 0.5) is 0 Å². The third-order valence-corrected chi connectivity index (χ3v) is 3.83. The predicted octanol–water partition coefficient (Wildman–Crippen LogP) is 2.16. The molecule has 0 aliphatic carbocycles. The number of rotatable bonds is 3. The van der Waals surface area contributed by atoms with E-state index in [2.05, 4.69) is 11.9 Å². The molecular formula is C14H16N2O3. The molecule has 0 radical (unpaired) electrons. The molecule has 0 spiro atoms. The summed E-state index contributed by atoms with van der Waals surface area (Å²) in [5.74, 6) is -0.498. The van der Waals surface area contributed by atoms with Crippen LogP contribution in [0.1, 0.15) is 23.7 Å². The van der Waals surface area contributed by atoms with Gasteiger partial charge < -0.3 is 14.4 Å². The Labute approximate surface area is 110 Å². The average Bonchev–Trinajstić information content (AvgIpc) is 2.97. The lowest BCUT2D eigenvalue weighted by Crippen LogP contribution is -2.18. The van der Waals surface area contributed by atoms with Gasteiger partial charge in [0.15, 0.2) is 0 Å². The van der Waals surface area contributed by atoms with Gasteiger partial charge in [0.1, 0.15) is 0 Å². The molecule has 2 aromatic rings. The number of aromatic nitrogens is 2. The minimum atomic E-state index is -0.914. The van der Waals surface area contributed by atoms with Crippen LogP contribution in [-0.2, 0) is 11.3 Å². The first-order valence-corrected chi connectivity index (χ1v) is 6.45. The van der Waals surface area contributed by atoms with Gasteiger partial charge >= 0.3 is 5.97 Å². The van der Waals surface area contributed by atoms with Crippen LogP contribution in [0.25, 0.3) is 11.0 Å². The molecule has 5 heteroatoms. The largest absolute Gasteiger partial charge is 0.478 e. The Morgan fingerprint density at radius 3 is 3.11 bits per heavy atom. The van der Waals surface area contributed by atoms with Crippen molar-refractivity contribution in [2.75, 3.05) is 6.61 Å². The lowest BCUT2D eigenvalue weighted by Gasteiger charge is -2.15. The lowest BCUT2D eigenvalue weighted by molar-refractivity contribution is 0.0698. The number of fused-ring (bicyclic) bond motifs is 1. The van der Waals surface area contributed by atoms with E-state index >= 15 is 0 Å². The second-order valence-electron chi connectivity index (χ2n) is 5.00. The minimum Gasteiger partial charge on any atom is -0.478 e. The maximum absolute atomic E-state index is 11.3. The van der Waals surface area contributed by atoms with Gasteiger partial charge in [-0.1, -0.05) is 6.07 Å². The first-order chi connectivity index (χ1) is 9.16. The van der Waals surface area contributed by atoms with Crippen LogP contribution in [0.5, 0.6) is 0 Å². The zero-order chi connectivity index (χ0) is 13.4. The van der Waals surface area contributed by atoms with Gasteiger partial charge in [-0.2, -0.15) is 0 Å². The van der Waals surface area contributed by atoms with Crippen LogP contribution < -0.4 is 0 Å². The van der Waals surface area contributed by atoms with Crippen LogP contribution in [0.15, 0.2) is 24.5 Å². The van der Waals surface area contributed by atoms with Gasteiger partial charge in [-0.15, -0.1) is 0 Å². The van der Waals surface area contributed by atoms with Crippen LogP contribution in [0, 0.1) is 5.92 Å². The minimum absolute atomic E-state index is 0.217. The Kier molecular flexibility index (Phi) is 2.98. The highest BCUT2D eigenvalue weighted by atomic mass is 16.5. The van der Waals surface area contributed by atoms with Crippen molar-refractivity contribution in [1.29, 1.82) is 0 Å². The van der Waals surface area contributed by atoms with Gasteiger partial charge in [0, 0.05) is 19.1 Å². The van der Waals surface area contributed by atoms with Crippen molar-refractivity contribution in [3.8, 4) is 0 Å². The summed E-state index contributed by atoms with van der Waals surface area (Å²) in [6.07, 6.45) is 2.95. The molecule has 1 aromatic heterocycles. The Morgan fingerprint density at radius 1 is 1.58 bits per heavy atom. The summed E-state index contributed by atoms with van der Waals surface area (Å²) in [7, 11) is 0. The van der Waals surface area contributed by atoms with Crippen molar-refractivity contribution in [1.82, 2.24) is 9.55 Å². The van der Waals surface area contributed by atoms with Crippen LogP contribution in [-0.4, -0.2) is 33.3 Å². The van der Waals surface area contributed by atoms with Gasteiger partial charge in [0.05, 0.1) is 29.0 Å². The summed E-state index contributed by atoms with van der Waals surface area (Å²) in [5.41, 5.74) is 1.74. The summed E-state index contributed by atoms with van der Waals surface area (Å²) in [4.78, 5) is 15.6. The molecule has 1 saturated heterocycles. The van der Waals surface area contributed by atoms with E-state index in [-0.39, 0.29) is 6.10 Å². The van der Waals surface area contributed by atoms with E-state index in [4.69, 9.17) is 4.74 Å². The molecular weight excluding hydrogens is 244 g/mol. The van der Waals surface area contributed by atoms with E-state index in [1.807, 2.05) is 10.6 Å². The Morgan fingerprint density at radius 2 is 2.42 bits per heavy atom. The quantitative estimate of drug-likeness (QED) is 0.918. The number of hydrogen-bond acceptors (Lipinski definition) is 3. The maximum Gasteiger partial charge on any atom is 0.337 e. The summed E-state index contributed by atoms with van der Waals surface area (Å²) in [6, 6.07) is 5.19. The normalized spacial score (nSPS) is 23.0. The second kappa shape index (κ2) is 4.66. The summed E-state index contributed by atoms with van der Waals surface area (Å²) in [5, 5.41) is 9.27. The predicted molar refractivity (Wildman–Crippen MR) is 70.2 cm³/mol. The molecule has 0 bridgehead atoms. The molecule has 1 aromatic carbocycles. The molecule has 2 heterocycles. The summed E-state index contributed by atoms with van der Waals surface area (Å²) in [6.45, 7) is 3.60. The van der Waals surface area contributed by atoms with E-state index in [1.54, 1.807) is 18.5 Å². The number of imidazole rings is 1. The first kappa shape index (κ1) is 12.2. The molecule has 3 rings (SSSR count). The number of ether oxygens (including phenoxy) is 1. The average molecular weight is 260 g/mol. The molecule has 1 fully saturated rings. The molecule has 0 saturated carbocycles. The number of hydrogen-bond donors (Lipinski definition) is 1. The van der Waals surface area contributed by atoms with E-state index in [0.717, 1.165) is 25.1 Å². The van der Waals surface area contributed by atoms with Gasteiger partial charge in [-0.25, -0.2) is 9.78 Å². The number of benzene rings is 1. The highest BCUT2D eigenvalue weighted by molar-refractivity contribution is 6.01. The van der Waals surface area contributed by atoms with E-state index in [9.17, 15) is 9.90 Å². The van der Waals surface area contributed by atoms with Crippen LogP contribution >= 0.6 is 0 Å². The van der Waals surface area contributed by atoms with Gasteiger partial charge in [0.25, 0.3) is 0 Å². The molecule has 100 valence electrons. The van der Waals surface area contributed by atoms with Crippen molar-refractivity contribution >= 4 is 17.0 Å². The third-order valence-electron chi connectivity index (χ3n) is 3.83. The van der Waals surface area contributed by atoms with Crippen molar-refractivity contribution in [2.24, 2.45) is 5.92 Å². The zero-order valence-electron chi connectivity index (χ0n) is 10.7. The number of nitrogens with zero attached hydrogens (tertiary/aromatic N) is 2. The highest BCUT2D eigenvalue weighted by Crippen LogP contribution is 2.25. The maximum atomic E-state index is 11.3. The number of carboxylic acids is 1. The van der Waals surface area contributed by atoms with Crippen molar-refractivity contribution in [3.05, 3.63) is 30.1 Å². The molecule has 19 heavy (non-hydrogen) atoms. The molecule has 2 unspecified atom stereocenters.